The molecule has 0 aliphatic carbocycles. The number of aryl methyl sites for hydroxylation is 1. The van der Waals surface area contributed by atoms with Crippen molar-refractivity contribution in [3.05, 3.63) is 100 Å². The van der Waals surface area contributed by atoms with Crippen LogP contribution in [0.1, 0.15) is 39.7 Å². The quantitative estimate of drug-likeness (QED) is 0.492. The van der Waals surface area contributed by atoms with Gasteiger partial charge in [0.1, 0.15) is 23.0 Å². The van der Waals surface area contributed by atoms with Gasteiger partial charge in [0.15, 0.2) is 5.78 Å². The van der Waals surface area contributed by atoms with Crippen molar-refractivity contribution in [3.63, 3.8) is 0 Å². The molecule has 32 heavy (non-hydrogen) atoms. The Kier molecular flexibility index (Phi) is 5.89. The van der Waals surface area contributed by atoms with Crippen molar-refractivity contribution in [2.45, 2.75) is 25.9 Å². The Labute approximate surface area is 185 Å². The van der Waals surface area contributed by atoms with Crippen molar-refractivity contribution in [1.82, 2.24) is 4.98 Å². The molecule has 4 rings (SSSR count). The molecule has 1 unspecified atom stereocenters. The number of methoxy groups -OCH3 is 1. The Morgan fingerprint density at radius 3 is 2.47 bits per heavy atom. The monoisotopic (exact) mass is 435 g/mol. The zero-order chi connectivity index (χ0) is 22.9. The van der Waals surface area contributed by atoms with Gasteiger partial charge < -0.3 is 9.47 Å². The van der Waals surface area contributed by atoms with Gasteiger partial charge in [-0.3, -0.25) is 9.78 Å². The summed E-state index contributed by atoms with van der Waals surface area (Å²) >= 11 is 0. The van der Waals surface area contributed by atoms with E-state index < -0.39 is 28.6 Å². The largest absolute Gasteiger partial charge is 0.480 e. The van der Waals surface area contributed by atoms with E-state index in [0.29, 0.717) is 17.9 Å². The number of aromatic nitrogens is 1. The Hall–Kier alpha value is -3.38. The lowest BCUT2D eigenvalue weighted by Gasteiger charge is -2.34. The third kappa shape index (κ3) is 4.18. The first-order valence-electron chi connectivity index (χ1n) is 10.2. The van der Waals surface area contributed by atoms with E-state index in [2.05, 4.69) is 4.98 Å². The average molecular weight is 435 g/mol. The van der Waals surface area contributed by atoms with Gasteiger partial charge in [0, 0.05) is 30.9 Å². The summed E-state index contributed by atoms with van der Waals surface area (Å²) < 4.78 is 39.4. The lowest BCUT2D eigenvalue weighted by Crippen LogP contribution is -2.38. The fraction of sp³-hybridized carbons (Fsp3) is 0.231. The van der Waals surface area contributed by atoms with E-state index in [0.717, 1.165) is 34.6 Å². The number of ether oxygens (including phenoxy) is 2. The maximum absolute atomic E-state index is 13.9. The molecule has 0 amide bonds. The molecule has 0 saturated carbocycles. The number of nitrogens with zero attached hydrogens (tertiary/aromatic N) is 1. The second-order valence-corrected chi connectivity index (χ2v) is 8.11. The molecule has 0 spiro atoms. The summed E-state index contributed by atoms with van der Waals surface area (Å²) in [6.45, 7) is 4.30. The van der Waals surface area contributed by atoms with Crippen LogP contribution in [0.2, 0.25) is 0 Å². The number of pyridine rings is 1. The zero-order valence-corrected chi connectivity index (χ0v) is 18.1. The molecule has 3 aromatic rings. The number of para-hydroxylation sites is 1. The summed E-state index contributed by atoms with van der Waals surface area (Å²) in [4.78, 5) is 17.0. The number of Topliss-reactive ketones (excluding diaryl/α,β-unsaturated/α-hetero) is 1. The highest BCUT2D eigenvalue weighted by atomic mass is 19.1. The molecule has 164 valence electrons. The highest BCUT2D eigenvalue weighted by Gasteiger charge is 2.32. The van der Waals surface area contributed by atoms with Crippen LogP contribution >= 0.6 is 0 Å². The van der Waals surface area contributed by atoms with E-state index in [-0.39, 0.29) is 6.42 Å². The molecule has 0 radical (unpaired) electrons. The van der Waals surface area contributed by atoms with Gasteiger partial charge in [-0.2, -0.15) is 0 Å². The number of ketones is 1. The first kappa shape index (κ1) is 21.8. The number of benzene rings is 2. The van der Waals surface area contributed by atoms with E-state index in [1.807, 2.05) is 38.1 Å². The van der Waals surface area contributed by atoms with Crippen molar-refractivity contribution >= 4 is 11.4 Å². The molecule has 6 heteroatoms. The molecule has 1 aliphatic heterocycles. The number of fused-ring (bicyclic) bond motifs is 1. The van der Waals surface area contributed by atoms with Crippen LogP contribution in [0.15, 0.2) is 60.8 Å². The van der Waals surface area contributed by atoms with Crippen LogP contribution in [0.3, 0.4) is 0 Å². The van der Waals surface area contributed by atoms with Crippen molar-refractivity contribution in [3.8, 4) is 5.75 Å². The summed E-state index contributed by atoms with van der Waals surface area (Å²) in [7, 11) is 1.62. The Bertz CT molecular complexity index is 1180. The minimum Gasteiger partial charge on any atom is -0.480 e. The van der Waals surface area contributed by atoms with Crippen LogP contribution in [0.4, 0.5) is 8.78 Å². The molecular weight excluding hydrogens is 412 g/mol. The van der Waals surface area contributed by atoms with Crippen LogP contribution in [-0.4, -0.2) is 30.1 Å². The highest BCUT2D eigenvalue weighted by Crippen LogP contribution is 2.40. The van der Waals surface area contributed by atoms with E-state index in [4.69, 9.17) is 9.47 Å². The van der Waals surface area contributed by atoms with Crippen molar-refractivity contribution in [2.24, 2.45) is 0 Å². The summed E-state index contributed by atoms with van der Waals surface area (Å²) in [6, 6.07) is 12.9. The van der Waals surface area contributed by atoms with Crippen molar-refractivity contribution in [2.75, 3.05) is 13.7 Å². The van der Waals surface area contributed by atoms with Gasteiger partial charge in [-0.25, -0.2) is 8.78 Å². The topological polar surface area (TPSA) is 48.4 Å². The van der Waals surface area contributed by atoms with Crippen molar-refractivity contribution in [1.29, 1.82) is 0 Å². The van der Waals surface area contributed by atoms with Crippen LogP contribution < -0.4 is 4.74 Å². The minimum atomic E-state index is -0.864. The summed E-state index contributed by atoms with van der Waals surface area (Å²) in [6.07, 6.45) is 3.40. The molecule has 0 N–H and O–H groups in total. The number of carbonyl (C=O) groups excluding carboxylic acids is 1. The standard InChI is InChI=1S/C26H23F2NO3/c1-16-6-4-7-18-19(13-26(2,15-31-3)32-25(16)18)22-11-10-17(14-29-22)12-23(30)24-20(27)8-5-9-21(24)28/h4-11,13-14H,12,15H2,1-3H3. The predicted octanol–water partition coefficient (Wildman–Crippen LogP) is 5.32. The van der Waals surface area contributed by atoms with Crippen molar-refractivity contribution < 1.29 is 23.0 Å². The predicted molar refractivity (Wildman–Crippen MR) is 118 cm³/mol. The van der Waals surface area contributed by atoms with E-state index in [9.17, 15) is 13.6 Å². The number of hydrogen-bond donors (Lipinski definition) is 0. The molecule has 0 bridgehead atoms. The zero-order valence-electron chi connectivity index (χ0n) is 18.1. The molecule has 0 fully saturated rings. The summed E-state index contributed by atoms with van der Waals surface area (Å²) in [5, 5.41) is 0. The Morgan fingerprint density at radius 2 is 1.81 bits per heavy atom. The lowest BCUT2D eigenvalue weighted by atomic mass is 9.90. The van der Waals surface area contributed by atoms with Gasteiger partial charge in [0.05, 0.1) is 17.9 Å². The fourth-order valence-corrected chi connectivity index (χ4v) is 3.94. The Morgan fingerprint density at radius 1 is 1.09 bits per heavy atom. The summed E-state index contributed by atoms with van der Waals surface area (Å²) in [5.74, 6) is -1.58. The molecule has 1 atom stereocenters. The normalized spacial score (nSPS) is 17.3. The maximum Gasteiger partial charge on any atom is 0.173 e. The van der Waals surface area contributed by atoms with Crippen LogP contribution in [0.5, 0.6) is 5.75 Å². The van der Waals surface area contributed by atoms with E-state index in [1.54, 1.807) is 25.4 Å². The van der Waals surface area contributed by atoms with Gasteiger partial charge in [-0.15, -0.1) is 0 Å². The van der Waals surface area contributed by atoms with E-state index >= 15 is 0 Å². The van der Waals surface area contributed by atoms with E-state index in [1.165, 1.54) is 6.07 Å². The van der Waals surface area contributed by atoms with Crippen LogP contribution in [0.25, 0.3) is 5.57 Å². The third-order valence-electron chi connectivity index (χ3n) is 5.42. The maximum atomic E-state index is 13.9. The molecule has 0 saturated heterocycles. The second kappa shape index (κ2) is 8.63. The first-order chi connectivity index (χ1) is 15.3. The number of rotatable bonds is 6. The average Bonchev–Trinajstić information content (AvgIpc) is 2.74. The third-order valence-corrected chi connectivity index (χ3v) is 5.42. The molecule has 2 aromatic carbocycles. The molecular formula is C26H23F2NO3. The first-order valence-corrected chi connectivity index (χ1v) is 10.2. The van der Waals surface area contributed by atoms with Crippen LogP contribution in [0, 0.1) is 18.6 Å². The van der Waals surface area contributed by atoms with Gasteiger partial charge in [0.25, 0.3) is 0 Å². The van der Waals surface area contributed by atoms with Gasteiger partial charge in [-0.1, -0.05) is 30.3 Å². The second-order valence-electron chi connectivity index (χ2n) is 8.11. The fourth-order valence-electron chi connectivity index (χ4n) is 3.94. The number of carbonyl (C=O) groups is 1. The lowest BCUT2D eigenvalue weighted by molar-refractivity contribution is 0.0369. The smallest absolute Gasteiger partial charge is 0.173 e. The number of hydrogen-bond acceptors (Lipinski definition) is 4. The molecule has 1 aromatic heterocycles. The molecule has 1 aliphatic rings. The summed E-state index contributed by atoms with van der Waals surface area (Å²) in [5.41, 5.74) is 2.90. The van der Waals surface area contributed by atoms with Gasteiger partial charge >= 0.3 is 0 Å². The molecule has 4 nitrogen and oxygen atoms in total. The van der Waals surface area contributed by atoms with Crippen LogP contribution in [-0.2, 0) is 11.2 Å². The minimum absolute atomic E-state index is 0.148. The molecule has 2 heterocycles. The van der Waals surface area contributed by atoms with Gasteiger partial charge in [-0.05, 0) is 49.2 Å². The Balaban J connectivity index is 1.65. The SMILES string of the molecule is COCC1(C)C=C(c2ccc(CC(=O)c3c(F)cccc3F)cn2)c2cccc(C)c2O1. The number of halogens is 2. The van der Waals surface area contributed by atoms with Gasteiger partial charge in [0.2, 0.25) is 0 Å². The highest BCUT2D eigenvalue weighted by molar-refractivity contribution is 5.98.